The Morgan fingerprint density at radius 1 is 1.50 bits per heavy atom. The Labute approximate surface area is 105 Å². The summed E-state index contributed by atoms with van der Waals surface area (Å²) in [5.41, 5.74) is 0.765. The zero-order valence-electron chi connectivity index (χ0n) is 8.95. The summed E-state index contributed by atoms with van der Waals surface area (Å²) >= 11 is 11.8. The topological polar surface area (TPSA) is 43.1 Å². The van der Waals surface area contributed by atoms with E-state index in [-0.39, 0.29) is 16.0 Å². The highest BCUT2D eigenvalue weighted by molar-refractivity contribution is 6.30. The van der Waals surface area contributed by atoms with E-state index in [1.807, 2.05) is 6.92 Å². The van der Waals surface area contributed by atoms with E-state index in [1.54, 1.807) is 6.07 Å². The minimum absolute atomic E-state index is 0.0542. The normalized spacial score (nSPS) is 12.4. The molecule has 1 rings (SSSR count). The second-order valence-electron chi connectivity index (χ2n) is 3.57. The van der Waals surface area contributed by atoms with E-state index >= 15 is 0 Å². The van der Waals surface area contributed by atoms with Crippen molar-refractivity contribution in [3.8, 4) is 0 Å². The maximum atomic E-state index is 10.8. The minimum Gasteiger partial charge on any atom is -0.258 e. The Morgan fingerprint density at radius 2 is 2.19 bits per heavy atom. The summed E-state index contributed by atoms with van der Waals surface area (Å²) < 4.78 is 0. The highest BCUT2D eigenvalue weighted by atomic mass is 35.5. The van der Waals surface area contributed by atoms with Crippen LogP contribution in [0.25, 0.3) is 0 Å². The minimum atomic E-state index is -0.388. The van der Waals surface area contributed by atoms with Gasteiger partial charge in [0.25, 0.3) is 5.69 Å². The summed E-state index contributed by atoms with van der Waals surface area (Å²) in [4.78, 5) is 10.4. The number of halogens is 2. The molecule has 0 amide bonds. The fraction of sp³-hybridized carbons (Fsp3) is 0.455. The van der Waals surface area contributed by atoms with Gasteiger partial charge >= 0.3 is 0 Å². The summed E-state index contributed by atoms with van der Waals surface area (Å²) in [7, 11) is 0. The van der Waals surface area contributed by atoms with Gasteiger partial charge in [0.1, 0.15) is 0 Å². The summed E-state index contributed by atoms with van der Waals surface area (Å²) in [6.07, 6.45) is 2.16. The van der Waals surface area contributed by atoms with Crippen molar-refractivity contribution in [3.63, 3.8) is 0 Å². The van der Waals surface area contributed by atoms with Crippen LogP contribution >= 0.6 is 23.2 Å². The SMILES string of the molecule is CCC(Cl)CCc1cc(Cl)ccc1[N+](=O)[O-]. The van der Waals surface area contributed by atoms with Gasteiger partial charge in [0, 0.05) is 22.0 Å². The number of hydrogen-bond donors (Lipinski definition) is 0. The fourth-order valence-corrected chi connectivity index (χ4v) is 1.75. The number of hydrogen-bond acceptors (Lipinski definition) is 2. The van der Waals surface area contributed by atoms with Gasteiger partial charge in [0.2, 0.25) is 0 Å². The van der Waals surface area contributed by atoms with Gasteiger partial charge in [0.15, 0.2) is 0 Å². The lowest BCUT2D eigenvalue weighted by Crippen LogP contribution is -2.01. The van der Waals surface area contributed by atoms with Crippen molar-refractivity contribution >= 4 is 28.9 Å². The summed E-state index contributed by atoms with van der Waals surface area (Å²) in [5, 5.41) is 11.3. The molecule has 0 heterocycles. The molecular formula is C11H13Cl2NO2. The monoisotopic (exact) mass is 261 g/mol. The van der Waals surface area contributed by atoms with Crippen molar-refractivity contribution in [2.75, 3.05) is 0 Å². The maximum Gasteiger partial charge on any atom is 0.272 e. The van der Waals surface area contributed by atoms with Gasteiger partial charge in [-0.25, -0.2) is 0 Å². The van der Waals surface area contributed by atoms with Gasteiger partial charge in [0.05, 0.1) is 4.92 Å². The van der Waals surface area contributed by atoms with Gasteiger partial charge in [-0.15, -0.1) is 11.6 Å². The van der Waals surface area contributed by atoms with E-state index < -0.39 is 0 Å². The number of benzene rings is 1. The van der Waals surface area contributed by atoms with Crippen LogP contribution in [0.5, 0.6) is 0 Å². The Kier molecular flexibility index (Phi) is 5.03. The molecule has 1 atom stereocenters. The molecule has 1 unspecified atom stereocenters. The predicted octanol–water partition coefficient (Wildman–Crippen LogP) is 4.20. The third-order valence-corrected chi connectivity index (χ3v) is 3.17. The number of aryl methyl sites for hydroxylation is 1. The van der Waals surface area contributed by atoms with Gasteiger partial charge in [-0.05, 0) is 31.4 Å². The van der Waals surface area contributed by atoms with Gasteiger partial charge in [-0.3, -0.25) is 10.1 Å². The van der Waals surface area contributed by atoms with Crippen molar-refractivity contribution in [2.24, 2.45) is 0 Å². The number of alkyl halides is 1. The van der Waals surface area contributed by atoms with Crippen molar-refractivity contribution < 1.29 is 4.92 Å². The van der Waals surface area contributed by atoms with E-state index in [0.29, 0.717) is 17.0 Å². The molecule has 0 radical (unpaired) electrons. The van der Waals surface area contributed by atoms with Gasteiger partial charge in [-0.1, -0.05) is 18.5 Å². The van der Waals surface area contributed by atoms with E-state index in [0.717, 1.165) is 12.8 Å². The molecule has 0 aromatic heterocycles. The van der Waals surface area contributed by atoms with Crippen molar-refractivity contribution in [1.29, 1.82) is 0 Å². The first-order valence-electron chi connectivity index (χ1n) is 5.11. The molecule has 0 bridgehead atoms. The molecule has 0 N–H and O–H groups in total. The summed E-state index contributed by atoms with van der Waals surface area (Å²) in [6, 6.07) is 4.60. The Balaban J connectivity index is 2.84. The molecule has 0 saturated carbocycles. The number of nitro benzene ring substituents is 1. The highest BCUT2D eigenvalue weighted by Gasteiger charge is 2.14. The second kappa shape index (κ2) is 6.06. The standard InChI is InChI=1S/C11H13Cl2NO2/c1-2-9(12)4-3-8-7-10(13)5-6-11(8)14(15)16/h5-7,9H,2-4H2,1H3. The molecule has 1 aromatic carbocycles. The van der Waals surface area contributed by atoms with Gasteiger partial charge in [-0.2, -0.15) is 0 Å². The molecule has 16 heavy (non-hydrogen) atoms. The Bertz CT molecular complexity index is 382. The third kappa shape index (κ3) is 3.65. The van der Waals surface area contributed by atoms with E-state index in [1.165, 1.54) is 12.1 Å². The molecule has 0 spiro atoms. The predicted molar refractivity (Wildman–Crippen MR) is 66.4 cm³/mol. The number of rotatable bonds is 5. The highest BCUT2D eigenvalue weighted by Crippen LogP contribution is 2.25. The fourth-order valence-electron chi connectivity index (χ4n) is 1.45. The van der Waals surface area contributed by atoms with Crippen LogP contribution in [0.4, 0.5) is 5.69 Å². The molecular weight excluding hydrogens is 249 g/mol. The van der Waals surface area contributed by atoms with E-state index in [9.17, 15) is 10.1 Å². The second-order valence-corrected chi connectivity index (χ2v) is 4.63. The zero-order valence-corrected chi connectivity index (χ0v) is 10.5. The molecule has 0 aliphatic rings. The lowest BCUT2D eigenvalue weighted by molar-refractivity contribution is -0.385. The average Bonchev–Trinajstić information content (AvgIpc) is 2.25. The first kappa shape index (κ1) is 13.3. The first-order valence-corrected chi connectivity index (χ1v) is 5.93. The van der Waals surface area contributed by atoms with Crippen LogP contribution in [0.1, 0.15) is 25.3 Å². The summed E-state index contributed by atoms with van der Waals surface area (Å²) in [5.74, 6) is 0. The quantitative estimate of drug-likeness (QED) is 0.453. The van der Waals surface area contributed by atoms with Crippen LogP contribution in [-0.2, 0) is 6.42 Å². The largest absolute Gasteiger partial charge is 0.272 e. The van der Waals surface area contributed by atoms with Crippen LogP contribution < -0.4 is 0 Å². The summed E-state index contributed by atoms with van der Waals surface area (Å²) in [6.45, 7) is 1.99. The molecule has 3 nitrogen and oxygen atoms in total. The maximum absolute atomic E-state index is 10.8. The third-order valence-electron chi connectivity index (χ3n) is 2.41. The Hall–Kier alpha value is -0.800. The van der Waals surface area contributed by atoms with Crippen molar-refractivity contribution in [2.45, 2.75) is 31.6 Å². The van der Waals surface area contributed by atoms with E-state index in [2.05, 4.69) is 0 Å². The Morgan fingerprint density at radius 3 is 2.75 bits per heavy atom. The molecule has 0 saturated heterocycles. The smallest absolute Gasteiger partial charge is 0.258 e. The average molecular weight is 262 g/mol. The van der Waals surface area contributed by atoms with Crippen LogP contribution in [0.2, 0.25) is 5.02 Å². The van der Waals surface area contributed by atoms with Crippen molar-refractivity contribution in [3.05, 3.63) is 38.9 Å². The van der Waals surface area contributed by atoms with Crippen molar-refractivity contribution in [1.82, 2.24) is 0 Å². The van der Waals surface area contributed by atoms with Crippen LogP contribution in [0.15, 0.2) is 18.2 Å². The lowest BCUT2D eigenvalue weighted by Gasteiger charge is -2.07. The van der Waals surface area contributed by atoms with Gasteiger partial charge < -0.3 is 0 Å². The lowest BCUT2D eigenvalue weighted by atomic mass is 10.1. The zero-order chi connectivity index (χ0) is 12.1. The molecule has 5 heteroatoms. The van der Waals surface area contributed by atoms with Crippen LogP contribution in [0.3, 0.4) is 0 Å². The molecule has 0 aliphatic carbocycles. The van der Waals surface area contributed by atoms with Crippen LogP contribution in [-0.4, -0.2) is 10.3 Å². The molecule has 0 aliphatic heterocycles. The number of nitrogens with zero attached hydrogens (tertiary/aromatic N) is 1. The van der Waals surface area contributed by atoms with E-state index in [4.69, 9.17) is 23.2 Å². The molecule has 1 aromatic rings. The molecule has 0 fully saturated rings. The molecule has 88 valence electrons. The number of nitro groups is 1. The first-order chi connectivity index (χ1) is 7.54. The van der Waals surface area contributed by atoms with Crippen LogP contribution in [0, 0.1) is 10.1 Å².